The van der Waals surface area contributed by atoms with Crippen LogP contribution in [0.5, 0.6) is 11.5 Å². The summed E-state index contributed by atoms with van der Waals surface area (Å²) in [5.41, 5.74) is 0.366. The molecule has 1 aromatic rings. The monoisotopic (exact) mass is 510 g/mol. The van der Waals surface area contributed by atoms with E-state index in [9.17, 15) is 9.90 Å². The van der Waals surface area contributed by atoms with Crippen molar-refractivity contribution in [1.82, 2.24) is 9.80 Å². The normalized spacial score (nSPS) is 38.4. The maximum absolute atomic E-state index is 13.0. The minimum absolute atomic E-state index is 0.109. The molecule has 2 spiro atoms. The van der Waals surface area contributed by atoms with Crippen LogP contribution in [0.25, 0.3) is 0 Å². The summed E-state index contributed by atoms with van der Waals surface area (Å²) in [5.74, 6) is 2.20. The van der Waals surface area contributed by atoms with Gasteiger partial charge in [0, 0.05) is 18.2 Å². The zero-order valence-electron chi connectivity index (χ0n) is 22.8. The van der Waals surface area contributed by atoms with Crippen LogP contribution >= 0.6 is 0 Å². The number of likely N-dealkylation sites (tertiary alicyclic amines) is 2. The minimum Gasteiger partial charge on any atom is -0.493 e. The maximum Gasteiger partial charge on any atom is 0.320 e. The summed E-state index contributed by atoms with van der Waals surface area (Å²) in [6, 6.07) is 4.37. The van der Waals surface area contributed by atoms with Gasteiger partial charge in [0.2, 0.25) is 0 Å². The molecule has 0 aromatic heterocycles. The first-order chi connectivity index (χ1) is 17.6. The molecule has 2 saturated carbocycles. The number of nitrogens with zero attached hydrogens (tertiary/aromatic N) is 2. The largest absolute Gasteiger partial charge is 0.493 e. The third-order valence-corrected chi connectivity index (χ3v) is 10.6. The SMILES string of the molecule is COc1ccc2c3c1O[C@H]1[C@@]4(CCCN4CC(=O)OC(C)(C)C)CC[C@@]4(O)[C@H](C2)N(CC2CC2)CC[C@]314. The zero-order valence-corrected chi connectivity index (χ0v) is 22.8. The maximum atomic E-state index is 13.0. The fourth-order valence-electron chi connectivity index (χ4n) is 9.04. The number of piperidine rings is 1. The van der Waals surface area contributed by atoms with Crippen LogP contribution in [0.15, 0.2) is 12.1 Å². The minimum atomic E-state index is -0.846. The van der Waals surface area contributed by atoms with Gasteiger partial charge in [-0.15, -0.1) is 0 Å². The van der Waals surface area contributed by atoms with Crippen LogP contribution < -0.4 is 9.47 Å². The summed E-state index contributed by atoms with van der Waals surface area (Å²) < 4.78 is 18.6. The van der Waals surface area contributed by atoms with Crippen LogP contribution in [0.1, 0.15) is 76.8 Å². The van der Waals surface area contributed by atoms with E-state index < -0.39 is 16.6 Å². The zero-order chi connectivity index (χ0) is 25.8. The van der Waals surface area contributed by atoms with Crippen molar-refractivity contribution in [2.24, 2.45) is 5.92 Å². The Bertz CT molecular complexity index is 1130. The smallest absolute Gasteiger partial charge is 0.320 e. The highest BCUT2D eigenvalue weighted by atomic mass is 16.6. The lowest BCUT2D eigenvalue weighted by atomic mass is 9.45. The van der Waals surface area contributed by atoms with Gasteiger partial charge in [-0.2, -0.15) is 0 Å². The number of carbonyl (C=O) groups excluding carboxylic acids is 1. The van der Waals surface area contributed by atoms with E-state index in [0.29, 0.717) is 0 Å². The fourth-order valence-corrected chi connectivity index (χ4v) is 9.04. The molecule has 0 radical (unpaired) electrons. The Kier molecular flexibility index (Phi) is 5.15. The number of benzene rings is 1. The Balaban J connectivity index is 1.33. The van der Waals surface area contributed by atoms with Gasteiger partial charge in [-0.1, -0.05) is 6.07 Å². The van der Waals surface area contributed by atoms with Crippen molar-refractivity contribution in [3.05, 3.63) is 23.3 Å². The standard InChI is InChI=1S/C30H42N2O5/c1-27(2,3)37-23(33)18-32-14-5-10-28(32)11-12-30(34)22-16-20-8-9-21(35-4)25-24(20)29(30,26(28)36-25)13-15-31(22)17-19-6-7-19/h8-9,19,22,26,34H,5-7,10-18H2,1-4H3/t22-,26-,28+,29-,30+/m0/s1. The summed E-state index contributed by atoms with van der Waals surface area (Å²) in [7, 11) is 1.71. The molecule has 2 bridgehead atoms. The lowest BCUT2D eigenvalue weighted by Gasteiger charge is -2.67. The van der Waals surface area contributed by atoms with Crippen molar-refractivity contribution in [1.29, 1.82) is 0 Å². The number of carbonyl (C=O) groups is 1. The van der Waals surface area contributed by atoms with Crippen LogP contribution in [0.2, 0.25) is 0 Å². The van der Waals surface area contributed by atoms with Gasteiger partial charge in [0.05, 0.1) is 30.2 Å². The molecule has 0 amide bonds. The van der Waals surface area contributed by atoms with Gasteiger partial charge >= 0.3 is 5.97 Å². The van der Waals surface area contributed by atoms with Gasteiger partial charge in [0.15, 0.2) is 11.5 Å². The van der Waals surface area contributed by atoms with Crippen molar-refractivity contribution in [2.75, 3.05) is 33.3 Å². The van der Waals surface area contributed by atoms with Crippen LogP contribution in [0, 0.1) is 5.92 Å². The average molecular weight is 511 g/mol. The first-order valence-electron chi connectivity index (χ1n) is 14.4. The second-order valence-electron chi connectivity index (χ2n) is 13.6. The predicted molar refractivity (Wildman–Crippen MR) is 139 cm³/mol. The lowest BCUT2D eigenvalue weighted by molar-refractivity contribution is -0.217. The Morgan fingerprint density at radius 2 is 1.97 bits per heavy atom. The van der Waals surface area contributed by atoms with Crippen molar-refractivity contribution in [3.8, 4) is 11.5 Å². The summed E-state index contributed by atoms with van der Waals surface area (Å²) in [5, 5.41) is 12.9. The second kappa shape index (κ2) is 7.86. The number of ether oxygens (including phenoxy) is 3. The number of aliphatic hydroxyl groups is 1. The van der Waals surface area contributed by atoms with Crippen molar-refractivity contribution in [3.63, 3.8) is 0 Å². The van der Waals surface area contributed by atoms with Crippen LogP contribution in [-0.4, -0.2) is 83.1 Å². The molecule has 3 heterocycles. The summed E-state index contributed by atoms with van der Waals surface area (Å²) >= 11 is 0. The van der Waals surface area contributed by atoms with E-state index in [0.717, 1.165) is 75.6 Å². The third kappa shape index (κ3) is 3.26. The Hall–Kier alpha value is -1.83. The highest BCUT2D eigenvalue weighted by molar-refractivity contribution is 5.72. The molecule has 1 N–H and O–H groups in total. The van der Waals surface area contributed by atoms with Gasteiger partial charge in [-0.05, 0) is 103 Å². The molecule has 5 atom stereocenters. The highest BCUT2D eigenvalue weighted by Crippen LogP contribution is 2.69. The number of fused-ring (bicyclic) bond motifs is 1. The van der Waals surface area contributed by atoms with E-state index in [1.165, 1.54) is 24.0 Å². The molecule has 7 rings (SSSR count). The Labute approximate surface area is 220 Å². The van der Waals surface area contributed by atoms with Gasteiger partial charge in [0.25, 0.3) is 0 Å². The van der Waals surface area contributed by atoms with Crippen molar-refractivity contribution >= 4 is 5.97 Å². The molecule has 3 aliphatic carbocycles. The number of esters is 1. The summed E-state index contributed by atoms with van der Waals surface area (Å²) in [6.45, 7) is 8.98. The van der Waals surface area contributed by atoms with Crippen molar-refractivity contribution in [2.45, 2.75) is 106 Å². The molecule has 7 heteroatoms. The summed E-state index contributed by atoms with van der Waals surface area (Å²) in [4.78, 5) is 18.0. The van der Waals surface area contributed by atoms with Gasteiger partial charge < -0.3 is 19.3 Å². The first kappa shape index (κ1) is 24.2. The van der Waals surface area contributed by atoms with E-state index in [1.54, 1.807) is 7.11 Å². The number of hydrogen-bond acceptors (Lipinski definition) is 7. The molecule has 1 aromatic carbocycles. The van der Waals surface area contributed by atoms with E-state index in [-0.39, 0.29) is 30.2 Å². The number of methoxy groups -OCH3 is 1. The van der Waals surface area contributed by atoms with Gasteiger partial charge in [-0.3, -0.25) is 14.6 Å². The quantitative estimate of drug-likeness (QED) is 0.609. The van der Waals surface area contributed by atoms with E-state index in [2.05, 4.69) is 15.9 Å². The Morgan fingerprint density at radius 3 is 2.70 bits per heavy atom. The van der Waals surface area contributed by atoms with Gasteiger partial charge in [-0.25, -0.2) is 0 Å². The second-order valence-corrected chi connectivity index (χ2v) is 13.6. The molecule has 3 aliphatic heterocycles. The molecule has 6 aliphatic rings. The van der Waals surface area contributed by atoms with E-state index >= 15 is 0 Å². The van der Waals surface area contributed by atoms with Crippen LogP contribution in [-0.2, 0) is 21.4 Å². The number of rotatable bonds is 5. The average Bonchev–Trinajstić information content (AvgIpc) is 3.45. The summed E-state index contributed by atoms with van der Waals surface area (Å²) in [6.07, 6.45) is 7.74. The molecule has 7 nitrogen and oxygen atoms in total. The Morgan fingerprint density at radius 1 is 1.16 bits per heavy atom. The van der Waals surface area contributed by atoms with E-state index in [1.807, 2.05) is 26.8 Å². The molecular weight excluding hydrogens is 468 g/mol. The molecule has 2 saturated heterocycles. The first-order valence-corrected chi connectivity index (χ1v) is 14.4. The number of hydrogen-bond donors (Lipinski definition) is 1. The topological polar surface area (TPSA) is 71.5 Å². The third-order valence-electron chi connectivity index (χ3n) is 10.6. The van der Waals surface area contributed by atoms with E-state index in [4.69, 9.17) is 14.2 Å². The fraction of sp³-hybridized carbons (Fsp3) is 0.767. The van der Waals surface area contributed by atoms with Crippen molar-refractivity contribution < 1.29 is 24.1 Å². The van der Waals surface area contributed by atoms with Crippen LogP contribution in [0.4, 0.5) is 0 Å². The lowest BCUT2D eigenvalue weighted by Crippen LogP contribution is -2.80. The molecular formula is C30H42N2O5. The molecule has 202 valence electrons. The van der Waals surface area contributed by atoms with Crippen LogP contribution in [0.3, 0.4) is 0 Å². The highest BCUT2D eigenvalue weighted by Gasteiger charge is 2.77. The molecule has 0 unspecified atom stereocenters. The predicted octanol–water partition coefficient (Wildman–Crippen LogP) is 3.44. The molecule has 37 heavy (non-hydrogen) atoms. The molecule has 4 fully saturated rings. The van der Waals surface area contributed by atoms with Gasteiger partial charge in [0.1, 0.15) is 11.7 Å².